The van der Waals surface area contributed by atoms with E-state index in [9.17, 15) is 9.18 Å². The first kappa shape index (κ1) is 19.0. The number of amides is 1. The van der Waals surface area contributed by atoms with E-state index in [0.717, 1.165) is 0 Å². The molecule has 0 aliphatic rings. The van der Waals surface area contributed by atoms with Crippen LogP contribution in [-0.2, 0) is 0 Å². The number of rotatable bonds is 5. The van der Waals surface area contributed by atoms with Gasteiger partial charge in [-0.2, -0.15) is 0 Å². The zero-order valence-electron chi connectivity index (χ0n) is 14.9. The zero-order chi connectivity index (χ0) is 19.6. The molecule has 0 radical (unpaired) electrons. The predicted molar refractivity (Wildman–Crippen MR) is 102 cm³/mol. The Morgan fingerprint density at radius 1 is 1.22 bits per heavy atom. The van der Waals surface area contributed by atoms with E-state index in [-0.39, 0.29) is 17.5 Å². The Morgan fingerprint density at radius 2 is 1.93 bits per heavy atom. The summed E-state index contributed by atoms with van der Waals surface area (Å²) in [6.07, 6.45) is -0.116. The first-order valence-corrected chi connectivity index (χ1v) is 9.01. The molecule has 0 fully saturated rings. The highest BCUT2D eigenvalue weighted by Crippen LogP contribution is 2.29. The topological polar surface area (TPSA) is 77.3 Å². The number of pyridine rings is 1. The van der Waals surface area contributed by atoms with Crippen LogP contribution in [0.5, 0.6) is 5.88 Å². The Labute approximate surface area is 163 Å². The number of hydrogen-bond donors (Lipinski definition) is 1. The summed E-state index contributed by atoms with van der Waals surface area (Å²) >= 11 is 3.29. The van der Waals surface area contributed by atoms with Gasteiger partial charge in [-0.05, 0) is 73.1 Å². The average molecular weight is 434 g/mol. The monoisotopic (exact) mass is 433 g/mol. The van der Waals surface area contributed by atoms with Crippen molar-refractivity contribution in [3.05, 3.63) is 58.1 Å². The molecule has 1 N–H and O–H groups in total. The van der Waals surface area contributed by atoms with Crippen molar-refractivity contribution in [1.29, 1.82) is 0 Å². The molecule has 0 unspecified atom stereocenters. The molecule has 0 aliphatic heterocycles. The third kappa shape index (κ3) is 4.33. The fourth-order valence-electron chi connectivity index (χ4n) is 2.46. The summed E-state index contributed by atoms with van der Waals surface area (Å²) in [5.41, 5.74) is 1.59. The Hall–Kier alpha value is -2.74. The molecule has 0 bridgehead atoms. The van der Waals surface area contributed by atoms with Crippen LogP contribution in [0.15, 0.2) is 45.5 Å². The Morgan fingerprint density at radius 3 is 2.59 bits per heavy atom. The molecule has 0 saturated heterocycles. The molecular formula is C19H17BrFN3O3. The highest BCUT2D eigenvalue weighted by Gasteiger charge is 2.23. The van der Waals surface area contributed by atoms with E-state index >= 15 is 0 Å². The minimum absolute atomic E-state index is 0.116. The number of nitrogens with one attached hydrogen (secondary N) is 1. The lowest BCUT2D eigenvalue weighted by Crippen LogP contribution is -2.16. The van der Waals surface area contributed by atoms with Crippen LogP contribution >= 0.6 is 15.9 Å². The summed E-state index contributed by atoms with van der Waals surface area (Å²) in [4.78, 5) is 17.2. The van der Waals surface area contributed by atoms with E-state index in [1.54, 1.807) is 19.1 Å². The van der Waals surface area contributed by atoms with Gasteiger partial charge in [0, 0.05) is 5.56 Å². The first-order chi connectivity index (χ1) is 12.8. The van der Waals surface area contributed by atoms with Crippen LogP contribution in [0.25, 0.3) is 11.3 Å². The fourth-order valence-corrected chi connectivity index (χ4v) is 2.75. The van der Waals surface area contributed by atoms with Crippen molar-refractivity contribution in [2.75, 3.05) is 5.32 Å². The van der Waals surface area contributed by atoms with Gasteiger partial charge in [-0.1, -0.05) is 5.16 Å². The van der Waals surface area contributed by atoms with Gasteiger partial charge in [0.1, 0.15) is 33.1 Å². The number of carbonyl (C=O) groups excluding carboxylic acids is 1. The van der Waals surface area contributed by atoms with Gasteiger partial charge >= 0.3 is 0 Å². The lowest BCUT2D eigenvalue weighted by molar-refractivity contribution is 0.102. The maximum absolute atomic E-state index is 13.2. The molecule has 1 aromatic carbocycles. The Balaban J connectivity index is 1.94. The molecule has 6 nitrogen and oxygen atoms in total. The van der Waals surface area contributed by atoms with E-state index in [1.807, 2.05) is 13.8 Å². The lowest BCUT2D eigenvalue weighted by Gasteiger charge is -2.14. The minimum Gasteiger partial charge on any atom is -0.473 e. The van der Waals surface area contributed by atoms with Crippen molar-refractivity contribution >= 4 is 27.5 Å². The molecule has 140 valence electrons. The van der Waals surface area contributed by atoms with Crippen LogP contribution in [-0.4, -0.2) is 22.2 Å². The molecule has 8 heteroatoms. The fraction of sp³-hybridized carbons (Fsp3) is 0.211. The van der Waals surface area contributed by atoms with Crippen molar-refractivity contribution in [2.45, 2.75) is 26.9 Å². The van der Waals surface area contributed by atoms with Crippen LogP contribution < -0.4 is 10.1 Å². The molecule has 27 heavy (non-hydrogen) atoms. The number of aryl methyl sites for hydroxylation is 1. The summed E-state index contributed by atoms with van der Waals surface area (Å²) in [7, 11) is 0. The molecule has 2 heterocycles. The number of aromatic nitrogens is 2. The third-order valence-corrected chi connectivity index (χ3v) is 4.07. The maximum Gasteiger partial charge on any atom is 0.261 e. The Bertz CT molecular complexity index is 971. The molecule has 0 atom stereocenters. The lowest BCUT2D eigenvalue weighted by atomic mass is 10.1. The van der Waals surface area contributed by atoms with Crippen LogP contribution in [0.1, 0.15) is 30.0 Å². The van der Waals surface area contributed by atoms with Gasteiger partial charge in [-0.3, -0.25) is 4.79 Å². The minimum atomic E-state index is -0.425. The molecule has 0 saturated carbocycles. The van der Waals surface area contributed by atoms with Crippen molar-refractivity contribution < 1.29 is 18.4 Å². The molecule has 3 rings (SSSR count). The van der Waals surface area contributed by atoms with E-state index in [1.165, 1.54) is 24.3 Å². The molecule has 3 aromatic rings. The second-order valence-corrected chi connectivity index (χ2v) is 6.89. The van der Waals surface area contributed by atoms with Crippen molar-refractivity contribution in [2.24, 2.45) is 0 Å². The van der Waals surface area contributed by atoms with E-state index in [0.29, 0.717) is 33.2 Å². The molecule has 1 amide bonds. The zero-order valence-corrected chi connectivity index (χ0v) is 16.5. The van der Waals surface area contributed by atoms with E-state index in [4.69, 9.17) is 9.26 Å². The summed E-state index contributed by atoms with van der Waals surface area (Å²) in [5.74, 6) is -0.152. The smallest absolute Gasteiger partial charge is 0.261 e. The quantitative estimate of drug-likeness (QED) is 0.573. The number of nitrogens with zero attached hydrogens (tertiary/aromatic N) is 2. The SMILES string of the molecule is Cc1onc(-c2ccc(F)cc2)c1C(=O)Nc1ccc(Br)nc1OC(C)C. The second-order valence-electron chi connectivity index (χ2n) is 6.08. The second kappa shape index (κ2) is 7.87. The standard InChI is InChI=1S/C19H17BrFN3O3/c1-10(2)26-19-14(8-9-15(20)23-19)22-18(25)16-11(3)27-24-17(16)12-4-6-13(21)7-5-12/h4-10H,1-3H3,(H,22,25). The average Bonchev–Trinajstić information content (AvgIpc) is 2.99. The van der Waals surface area contributed by atoms with Gasteiger partial charge in [0.05, 0.1) is 6.10 Å². The number of ether oxygens (including phenoxy) is 1. The van der Waals surface area contributed by atoms with Gasteiger partial charge in [-0.25, -0.2) is 9.37 Å². The molecule has 0 aliphatic carbocycles. The van der Waals surface area contributed by atoms with E-state index in [2.05, 4.69) is 31.4 Å². The third-order valence-electron chi connectivity index (χ3n) is 3.63. The van der Waals surface area contributed by atoms with Crippen LogP contribution in [0.3, 0.4) is 0 Å². The van der Waals surface area contributed by atoms with Gasteiger partial charge < -0.3 is 14.6 Å². The van der Waals surface area contributed by atoms with E-state index < -0.39 is 5.91 Å². The summed E-state index contributed by atoms with van der Waals surface area (Å²) in [6, 6.07) is 9.07. The molecule has 2 aromatic heterocycles. The number of benzene rings is 1. The summed E-state index contributed by atoms with van der Waals surface area (Å²) in [6.45, 7) is 5.37. The van der Waals surface area contributed by atoms with Crippen molar-refractivity contribution in [3.63, 3.8) is 0 Å². The summed E-state index contributed by atoms with van der Waals surface area (Å²) < 4.78 is 24.6. The van der Waals surface area contributed by atoms with Gasteiger partial charge in [0.2, 0.25) is 5.88 Å². The van der Waals surface area contributed by atoms with Gasteiger partial charge in [0.25, 0.3) is 5.91 Å². The number of carbonyl (C=O) groups is 1. The number of anilines is 1. The van der Waals surface area contributed by atoms with Crippen molar-refractivity contribution in [1.82, 2.24) is 10.1 Å². The van der Waals surface area contributed by atoms with Crippen molar-refractivity contribution in [3.8, 4) is 17.1 Å². The largest absolute Gasteiger partial charge is 0.473 e. The summed E-state index contributed by atoms with van der Waals surface area (Å²) in [5, 5.41) is 6.74. The maximum atomic E-state index is 13.2. The number of hydrogen-bond acceptors (Lipinski definition) is 5. The first-order valence-electron chi connectivity index (χ1n) is 8.22. The predicted octanol–water partition coefficient (Wildman–Crippen LogP) is 4.99. The van der Waals surface area contributed by atoms with Crippen LogP contribution in [0, 0.1) is 12.7 Å². The highest BCUT2D eigenvalue weighted by molar-refractivity contribution is 9.10. The van der Waals surface area contributed by atoms with Crippen LogP contribution in [0.2, 0.25) is 0 Å². The normalized spacial score (nSPS) is 10.9. The van der Waals surface area contributed by atoms with Gasteiger partial charge in [0.15, 0.2) is 0 Å². The Kier molecular flexibility index (Phi) is 5.55. The highest BCUT2D eigenvalue weighted by atomic mass is 79.9. The van der Waals surface area contributed by atoms with Crippen LogP contribution in [0.4, 0.5) is 10.1 Å². The number of halogens is 2. The molecule has 0 spiro atoms. The van der Waals surface area contributed by atoms with Gasteiger partial charge in [-0.15, -0.1) is 0 Å². The molecular weight excluding hydrogens is 417 g/mol.